The molecule has 0 saturated carbocycles. The average Bonchev–Trinajstić information content (AvgIpc) is 2.81. The zero-order valence-electron chi connectivity index (χ0n) is 19.2. The summed E-state index contributed by atoms with van der Waals surface area (Å²) < 4.78 is 20.2. The van der Waals surface area contributed by atoms with Gasteiger partial charge in [0.15, 0.2) is 5.96 Å². The Kier molecular flexibility index (Phi) is 11.0. The number of guanidine groups is 1. The Morgan fingerprint density at radius 2 is 1.81 bits per heavy atom. The van der Waals surface area contributed by atoms with Crippen molar-refractivity contribution < 1.29 is 9.13 Å². The maximum atomic E-state index is 14.8. The van der Waals surface area contributed by atoms with Crippen LogP contribution in [-0.2, 0) is 13.1 Å². The van der Waals surface area contributed by atoms with Crippen LogP contribution in [0.2, 0.25) is 0 Å². The second-order valence-electron chi connectivity index (χ2n) is 7.57. The van der Waals surface area contributed by atoms with Gasteiger partial charge in [0.05, 0.1) is 19.3 Å². The van der Waals surface area contributed by atoms with E-state index in [1.54, 1.807) is 13.2 Å². The number of rotatable bonds is 8. The van der Waals surface area contributed by atoms with Crippen molar-refractivity contribution in [1.29, 1.82) is 0 Å². The monoisotopic (exact) mass is 555 g/mol. The van der Waals surface area contributed by atoms with E-state index in [-0.39, 0.29) is 29.8 Å². The summed E-state index contributed by atoms with van der Waals surface area (Å²) in [6.07, 6.45) is 0. The number of anilines is 1. The van der Waals surface area contributed by atoms with Crippen molar-refractivity contribution in [2.45, 2.75) is 26.9 Å². The first kappa shape index (κ1) is 26.2. The number of para-hydroxylation sites is 1. The Morgan fingerprint density at radius 3 is 2.47 bits per heavy atom. The van der Waals surface area contributed by atoms with E-state index in [1.807, 2.05) is 43.3 Å². The van der Waals surface area contributed by atoms with Crippen molar-refractivity contribution in [1.82, 2.24) is 15.5 Å². The average molecular weight is 555 g/mol. The molecule has 2 aromatic rings. The highest BCUT2D eigenvalue weighted by molar-refractivity contribution is 14.0. The van der Waals surface area contributed by atoms with Crippen molar-refractivity contribution >= 4 is 35.6 Å². The van der Waals surface area contributed by atoms with Crippen LogP contribution in [0.4, 0.5) is 10.1 Å². The molecule has 3 rings (SSSR count). The zero-order chi connectivity index (χ0) is 22.1. The molecule has 2 aromatic carbocycles. The third-order valence-electron chi connectivity index (χ3n) is 5.58. The van der Waals surface area contributed by atoms with Crippen molar-refractivity contribution in [3.05, 3.63) is 59.4 Å². The lowest BCUT2D eigenvalue weighted by Crippen LogP contribution is -2.46. The maximum absolute atomic E-state index is 14.8. The molecule has 0 aliphatic carbocycles. The molecular formula is C24H35FIN5O. The van der Waals surface area contributed by atoms with Gasteiger partial charge in [-0.15, -0.1) is 24.0 Å². The minimum Gasteiger partial charge on any atom is -0.496 e. The molecule has 32 heavy (non-hydrogen) atoms. The van der Waals surface area contributed by atoms with Crippen LogP contribution in [0.5, 0.6) is 5.75 Å². The van der Waals surface area contributed by atoms with Crippen LogP contribution in [0.15, 0.2) is 47.5 Å². The van der Waals surface area contributed by atoms with Gasteiger partial charge in [-0.2, -0.15) is 0 Å². The summed E-state index contributed by atoms with van der Waals surface area (Å²) in [7, 11) is 1.67. The van der Waals surface area contributed by atoms with Gasteiger partial charge in [-0.1, -0.05) is 31.2 Å². The predicted octanol–water partition coefficient (Wildman–Crippen LogP) is 3.85. The van der Waals surface area contributed by atoms with E-state index in [9.17, 15) is 4.39 Å². The summed E-state index contributed by atoms with van der Waals surface area (Å²) in [5, 5.41) is 6.56. The lowest BCUT2D eigenvalue weighted by molar-refractivity contribution is 0.270. The number of hydrogen-bond acceptors (Lipinski definition) is 4. The van der Waals surface area contributed by atoms with Gasteiger partial charge >= 0.3 is 0 Å². The fraction of sp³-hybridized carbons (Fsp3) is 0.458. The fourth-order valence-corrected chi connectivity index (χ4v) is 3.75. The van der Waals surface area contributed by atoms with Crippen LogP contribution in [0, 0.1) is 5.82 Å². The minimum absolute atomic E-state index is 0. The van der Waals surface area contributed by atoms with Gasteiger partial charge in [0, 0.05) is 44.8 Å². The largest absolute Gasteiger partial charge is 0.496 e. The number of hydrogen-bond donors (Lipinski definition) is 2. The quantitative estimate of drug-likeness (QED) is 0.295. The summed E-state index contributed by atoms with van der Waals surface area (Å²) in [4.78, 5) is 9.14. The Labute approximate surface area is 208 Å². The summed E-state index contributed by atoms with van der Waals surface area (Å²) >= 11 is 0. The molecule has 1 aliphatic heterocycles. The number of ether oxygens (including phenoxy) is 1. The Morgan fingerprint density at radius 1 is 1.06 bits per heavy atom. The maximum Gasteiger partial charge on any atom is 0.191 e. The number of aliphatic imine (C=N–C) groups is 1. The molecule has 1 aliphatic rings. The van der Waals surface area contributed by atoms with E-state index in [1.165, 1.54) is 0 Å². The minimum atomic E-state index is -0.176. The second-order valence-corrected chi connectivity index (χ2v) is 7.57. The van der Waals surface area contributed by atoms with Gasteiger partial charge < -0.3 is 25.2 Å². The van der Waals surface area contributed by atoms with Crippen molar-refractivity contribution in [2.75, 3.05) is 51.3 Å². The fourth-order valence-electron chi connectivity index (χ4n) is 3.75. The van der Waals surface area contributed by atoms with Gasteiger partial charge in [-0.05, 0) is 37.2 Å². The molecule has 6 nitrogen and oxygen atoms in total. The summed E-state index contributed by atoms with van der Waals surface area (Å²) in [6.45, 7) is 10.7. The standard InChI is InChI=1S/C24H34FN5O.HI/c1-4-26-24(28-18-20-8-6-7-9-23(20)31-3)27-17-19-10-11-22(21(25)16-19)30-14-12-29(5-2)13-15-30;/h6-11,16H,4-5,12-15,17-18H2,1-3H3,(H2,26,27,28);1H. The first-order valence-electron chi connectivity index (χ1n) is 11.0. The lowest BCUT2D eigenvalue weighted by Gasteiger charge is -2.35. The van der Waals surface area contributed by atoms with E-state index >= 15 is 0 Å². The molecule has 0 atom stereocenters. The summed E-state index contributed by atoms with van der Waals surface area (Å²) in [6, 6.07) is 13.3. The molecule has 0 bridgehead atoms. The Hall–Kier alpha value is -2.07. The van der Waals surface area contributed by atoms with Crippen molar-refractivity contribution in [3.63, 3.8) is 0 Å². The van der Waals surface area contributed by atoms with Crippen molar-refractivity contribution in [3.8, 4) is 5.75 Å². The second kappa shape index (κ2) is 13.5. The van der Waals surface area contributed by atoms with E-state index in [2.05, 4.69) is 32.3 Å². The molecule has 0 radical (unpaired) electrons. The topological polar surface area (TPSA) is 52.1 Å². The molecule has 0 amide bonds. The first-order chi connectivity index (χ1) is 15.1. The van der Waals surface area contributed by atoms with Crippen LogP contribution >= 0.6 is 24.0 Å². The molecule has 1 saturated heterocycles. The molecule has 2 N–H and O–H groups in total. The highest BCUT2D eigenvalue weighted by atomic mass is 127. The highest BCUT2D eigenvalue weighted by Gasteiger charge is 2.18. The number of nitrogens with one attached hydrogen (secondary N) is 2. The van der Waals surface area contributed by atoms with Crippen LogP contribution in [0.1, 0.15) is 25.0 Å². The zero-order valence-corrected chi connectivity index (χ0v) is 21.6. The highest BCUT2D eigenvalue weighted by Crippen LogP contribution is 2.22. The molecule has 8 heteroatoms. The molecule has 1 heterocycles. The molecule has 0 spiro atoms. The number of methoxy groups -OCH3 is 1. The molecule has 1 fully saturated rings. The Balaban J connectivity index is 0.00000363. The van der Waals surface area contributed by atoms with Gasteiger partial charge in [-0.3, -0.25) is 0 Å². The normalized spacial score (nSPS) is 14.6. The van der Waals surface area contributed by atoms with Crippen molar-refractivity contribution in [2.24, 2.45) is 4.99 Å². The number of halogens is 2. The molecule has 0 unspecified atom stereocenters. The Bertz CT molecular complexity index is 871. The van der Waals surface area contributed by atoms with Gasteiger partial charge in [0.1, 0.15) is 11.6 Å². The van der Waals surface area contributed by atoms with Gasteiger partial charge in [-0.25, -0.2) is 9.38 Å². The summed E-state index contributed by atoms with van der Waals surface area (Å²) in [5.74, 6) is 1.35. The number of nitrogens with zero attached hydrogens (tertiary/aromatic N) is 3. The SMILES string of the molecule is CCNC(=NCc1ccc(N2CCN(CC)CC2)c(F)c1)NCc1ccccc1OC.I. The number of benzene rings is 2. The van der Waals surface area contributed by atoms with E-state index in [0.29, 0.717) is 24.7 Å². The molecular weight excluding hydrogens is 520 g/mol. The third-order valence-corrected chi connectivity index (χ3v) is 5.58. The van der Waals surface area contributed by atoms with Crippen LogP contribution in [0.3, 0.4) is 0 Å². The summed E-state index contributed by atoms with van der Waals surface area (Å²) in [5.41, 5.74) is 2.58. The number of piperazine rings is 1. The number of likely N-dealkylation sites (N-methyl/N-ethyl adjacent to an activating group) is 1. The molecule has 176 valence electrons. The van der Waals surface area contributed by atoms with Gasteiger partial charge in [0.2, 0.25) is 0 Å². The molecule has 0 aromatic heterocycles. The van der Waals surface area contributed by atoms with E-state index < -0.39 is 0 Å². The first-order valence-corrected chi connectivity index (χ1v) is 11.0. The predicted molar refractivity (Wildman–Crippen MR) is 141 cm³/mol. The van der Waals surface area contributed by atoms with E-state index in [0.717, 1.165) is 56.1 Å². The lowest BCUT2D eigenvalue weighted by atomic mass is 10.1. The van der Waals surface area contributed by atoms with Crippen LogP contribution in [0.25, 0.3) is 0 Å². The van der Waals surface area contributed by atoms with Crippen LogP contribution in [-0.4, -0.2) is 57.2 Å². The third kappa shape index (κ3) is 7.23. The van der Waals surface area contributed by atoms with Crippen LogP contribution < -0.4 is 20.3 Å². The van der Waals surface area contributed by atoms with Gasteiger partial charge in [0.25, 0.3) is 0 Å². The smallest absolute Gasteiger partial charge is 0.191 e. The van der Waals surface area contributed by atoms with E-state index in [4.69, 9.17) is 4.74 Å².